The van der Waals surface area contributed by atoms with Gasteiger partial charge in [-0.3, -0.25) is 14.2 Å². The van der Waals surface area contributed by atoms with Crippen LogP contribution in [0.25, 0.3) is 10.9 Å². The van der Waals surface area contributed by atoms with E-state index in [-0.39, 0.29) is 35.0 Å². The normalized spacial score (nSPS) is 12.3. The summed E-state index contributed by atoms with van der Waals surface area (Å²) in [7, 11) is 0. The Morgan fingerprint density at radius 2 is 1.83 bits per heavy atom. The van der Waals surface area contributed by atoms with Crippen LogP contribution in [0, 0.1) is 11.7 Å². The van der Waals surface area contributed by atoms with E-state index in [4.69, 9.17) is 0 Å². The number of hydrogen-bond acceptors (Lipinski definition) is 4. The van der Waals surface area contributed by atoms with Crippen LogP contribution in [0.5, 0.6) is 0 Å². The van der Waals surface area contributed by atoms with E-state index in [1.54, 1.807) is 28.8 Å². The third-order valence-electron chi connectivity index (χ3n) is 4.45. The summed E-state index contributed by atoms with van der Waals surface area (Å²) in [6, 6.07) is 13.0. The molecule has 7 heteroatoms. The topological polar surface area (TPSA) is 64.0 Å². The van der Waals surface area contributed by atoms with Crippen molar-refractivity contribution in [3.8, 4) is 0 Å². The smallest absolute Gasteiger partial charge is 0.262 e. The van der Waals surface area contributed by atoms with Crippen LogP contribution < -0.4 is 10.9 Å². The van der Waals surface area contributed by atoms with Crippen LogP contribution in [0.3, 0.4) is 0 Å². The van der Waals surface area contributed by atoms with Crippen molar-refractivity contribution in [1.82, 2.24) is 14.9 Å². The molecule has 152 valence electrons. The number of amides is 1. The predicted molar refractivity (Wildman–Crippen MR) is 115 cm³/mol. The summed E-state index contributed by atoms with van der Waals surface area (Å²) in [5, 5.41) is 4.01. The Hall–Kier alpha value is -2.67. The van der Waals surface area contributed by atoms with Gasteiger partial charge in [-0.25, -0.2) is 9.37 Å². The Labute approximate surface area is 173 Å². The fraction of sp³-hybridized carbons (Fsp3) is 0.318. The van der Waals surface area contributed by atoms with Crippen molar-refractivity contribution in [2.45, 2.75) is 38.5 Å². The number of para-hydroxylation sites is 1. The molecule has 0 aliphatic carbocycles. The lowest BCUT2D eigenvalue weighted by Crippen LogP contribution is -2.29. The Kier molecular flexibility index (Phi) is 6.69. The average Bonchev–Trinajstić information content (AvgIpc) is 2.69. The molecular formula is C22H24FN3O2S. The molecule has 1 amide bonds. The van der Waals surface area contributed by atoms with Crippen molar-refractivity contribution in [2.75, 3.05) is 5.75 Å². The van der Waals surface area contributed by atoms with E-state index in [0.29, 0.717) is 22.6 Å². The van der Waals surface area contributed by atoms with E-state index in [1.807, 2.05) is 32.9 Å². The summed E-state index contributed by atoms with van der Waals surface area (Å²) in [6.45, 7) is 6.45. The molecule has 0 spiro atoms. The Morgan fingerprint density at radius 3 is 2.52 bits per heavy atom. The predicted octanol–water partition coefficient (Wildman–Crippen LogP) is 4.16. The highest BCUT2D eigenvalue weighted by Crippen LogP contribution is 2.19. The molecule has 0 unspecified atom stereocenters. The SMILES string of the molecule is CC(C)Cn1c(SCC(=O)N[C@H](C)c2ccc(F)cc2)nc2ccccc2c1=O. The molecule has 0 radical (unpaired) electrons. The highest BCUT2D eigenvalue weighted by Gasteiger charge is 2.15. The molecule has 0 aliphatic heterocycles. The quantitative estimate of drug-likeness (QED) is 0.467. The van der Waals surface area contributed by atoms with Gasteiger partial charge in [-0.1, -0.05) is 49.9 Å². The fourth-order valence-electron chi connectivity index (χ4n) is 3.03. The molecule has 0 fully saturated rings. The molecule has 1 heterocycles. The number of carbonyl (C=O) groups excluding carboxylic acids is 1. The zero-order valence-electron chi connectivity index (χ0n) is 16.7. The number of halogens is 1. The minimum Gasteiger partial charge on any atom is -0.349 e. The number of hydrogen-bond donors (Lipinski definition) is 1. The molecule has 1 aromatic heterocycles. The van der Waals surface area contributed by atoms with Gasteiger partial charge in [0.2, 0.25) is 5.91 Å². The van der Waals surface area contributed by atoms with E-state index in [2.05, 4.69) is 10.3 Å². The van der Waals surface area contributed by atoms with Crippen LogP contribution >= 0.6 is 11.8 Å². The first-order valence-electron chi connectivity index (χ1n) is 9.52. The highest BCUT2D eigenvalue weighted by atomic mass is 32.2. The van der Waals surface area contributed by atoms with Crippen molar-refractivity contribution >= 4 is 28.6 Å². The first-order chi connectivity index (χ1) is 13.8. The van der Waals surface area contributed by atoms with Gasteiger partial charge >= 0.3 is 0 Å². The maximum atomic E-state index is 13.1. The second-order valence-corrected chi connectivity index (χ2v) is 8.29. The lowest BCUT2D eigenvalue weighted by Gasteiger charge is -2.16. The fourth-order valence-corrected chi connectivity index (χ4v) is 3.85. The van der Waals surface area contributed by atoms with Crippen LogP contribution in [0.2, 0.25) is 0 Å². The number of aromatic nitrogens is 2. The van der Waals surface area contributed by atoms with Gasteiger partial charge in [-0.05, 0) is 42.7 Å². The molecule has 0 saturated carbocycles. The summed E-state index contributed by atoms with van der Waals surface area (Å²) in [6.07, 6.45) is 0. The van der Waals surface area contributed by atoms with Gasteiger partial charge in [0, 0.05) is 6.54 Å². The number of fused-ring (bicyclic) bond motifs is 1. The van der Waals surface area contributed by atoms with Gasteiger partial charge < -0.3 is 5.32 Å². The van der Waals surface area contributed by atoms with E-state index in [9.17, 15) is 14.0 Å². The zero-order chi connectivity index (χ0) is 21.0. The number of rotatable bonds is 7. The van der Waals surface area contributed by atoms with Gasteiger partial charge in [0.1, 0.15) is 5.82 Å². The molecule has 0 aliphatic rings. The molecule has 0 saturated heterocycles. The van der Waals surface area contributed by atoms with Crippen LogP contribution in [-0.2, 0) is 11.3 Å². The minimum atomic E-state index is -0.312. The van der Waals surface area contributed by atoms with Crippen LogP contribution in [0.15, 0.2) is 58.5 Å². The number of benzene rings is 2. The number of carbonyl (C=O) groups is 1. The molecule has 0 bridgehead atoms. The number of thioether (sulfide) groups is 1. The van der Waals surface area contributed by atoms with Crippen LogP contribution in [-0.4, -0.2) is 21.2 Å². The third-order valence-corrected chi connectivity index (χ3v) is 5.43. The average molecular weight is 414 g/mol. The van der Waals surface area contributed by atoms with Crippen molar-refractivity contribution in [1.29, 1.82) is 0 Å². The van der Waals surface area contributed by atoms with Crippen molar-refractivity contribution < 1.29 is 9.18 Å². The van der Waals surface area contributed by atoms with E-state index in [0.717, 1.165) is 5.56 Å². The highest BCUT2D eigenvalue weighted by molar-refractivity contribution is 7.99. The monoisotopic (exact) mass is 413 g/mol. The lowest BCUT2D eigenvalue weighted by atomic mass is 10.1. The second kappa shape index (κ2) is 9.22. The summed E-state index contributed by atoms with van der Waals surface area (Å²) in [5.41, 5.74) is 1.36. The molecular weight excluding hydrogens is 389 g/mol. The van der Waals surface area contributed by atoms with Gasteiger partial charge in [-0.2, -0.15) is 0 Å². The second-order valence-electron chi connectivity index (χ2n) is 7.35. The summed E-state index contributed by atoms with van der Waals surface area (Å²) in [5.74, 6) is -0.0880. The molecule has 2 aromatic carbocycles. The van der Waals surface area contributed by atoms with Gasteiger partial charge in [0.05, 0.1) is 22.7 Å². The number of nitrogens with zero attached hydrogens (tertiary/aromatic N) is 2. The minimum absolute atomic E-state index is 0.0908. The van der Waals surface area contributed by atoms with Crippen molar-refractivity contribution in [2.24, 2.45) is 5.92 Å². The maximum absolute atomic E-state index is 13.1. The standard InChI is InChI=1S/C22H24FN3O2S/c1-14(2)12-26-21(28)18-6-4-5-7-19(18)25-22(26)29-13-20(27)24-15(3)16-8-10-17(23)11-9-16/h4-11,14-15H,12-13H2,1-3H3,(H,24,27)/t15-/m1/s1. The maximum Gasteiger partial charge on any atom is 0.262 e. The van der Waals surface area contributed by atoms with E-state index in [1.165, 1.54) is 23.9 Å². The Morgan fingerprint density at radius 1 is 1.14 bits per heavy atom. The molecule has 3 aromatic rings. The van der Waals surface area contributed by atoms with E-state index >= 15 is 0 Å². The largest absolute Gasteiger partial charge is 0.349 e. The lowest BCUT2D eigenvalue weighted by molar-refractivity contribution is -0.119. The van der Waals surface area contributed by atoms with Crippen LogP contribution in [0.4, 0.5) is 4.39 Å². The third kappa shape index (κ3) is 5.23. The molecule has 3 rings (SSSR count). The molecule has 1 N–H and O–H groups in total. The zero-order valence-corrected chi connectivity index (χ0v) is 17.5. The summed E-state index contributed by atoms with van der Waals surface area (Å²) in [4.78, 5) is 29.9. The van der Waals surface area contributed by atoms with Gasteiger partial charge in [-0.15, -0.1) is 0 Å². The number of nitrogens with one attached hydrogen (secondary N) is 1. The van der Waals surface area contributed by atoms with Crippen molar-refractivity contribution in [3.63, 3.8) is 0 Å². The van der Waals surface area contributed by atoms with E-state index < -0.39 is 0 Å². The van der Waals surface area contributed by atoms with Gasteiger partial charge in [0.25, 0.3) is 5.56 Å². The Balaban J connectivity index is 1.76. The van der Waals surface area contributed by atoms with Crippen LogP contribution in [0.1, 0.15) is 32.4 Å². The van der Waals surface area contributed by atoms with Crippen molar-refractivity contribution in [3.05, 3.63) is 70.3 Å². The Bertz CT molecular complexity index is 1060. The first-order valence-corrected chi connectivity index (χ1v) is 10.5. The molecule has 29 heavy (non-hydrogen) atoms. The first kappa shape index (κ1) is 21.0. The summed E-state index contributed by atoms with van der Waals surface area (Å²) < 4.78 is 14.7. The molecule has 5 nitrogen and oxygen atoms in total. The summed E-state index contributed by atoms with van der Waals surface area (Å²) >= 11 is 1.25. The molecule has 1 atom stereocenters. The van der Waals surface area contributed by atoms with Gasteiger partial charge in [0.15, 0.2) is 5.16 Å².